The number of aromatic nitrogens is 2. The van der Waals surface area contributed by atoms with Gasteiger partial charge in [-0.25, -0.2) is 0 Å². The van der Waals surface area contributed by atoms with Gasteiger partial charge in [-0.05, 0) is 25.5 Å². The molecule has 4 heteroatoms. The molecule has 0 fully saturated rings. The molecule has 0 unspecified atom stereocenters. The van der Waals surface area contributed by atoms with Crippen molar-refractivity contribution in [2.24, 2.45) is 0 Å². The van der Waals surface area contributed by atoms with E-state index < -0.39 is 0 Å². The topological polar surface area (TPSA) is 57.8 Å². The van der Waals surface area contributed by atoms with E-state index in [0.717, 1.165) is 11.3 Å². The molecule has 2 aromatic rings. The van der Waals surface area contributed by atoms with Crippen LogP contribution in [-0.4, -0.2) is 16.1 Å². The molecule has 0 radical (unpaired) electrons. The van der Waals surface area contributed by atoms with Gasteiger partial charge in [-0.1, -0.05) is 30.3 Å². The monoisotopic (exact) mass is 229 g/mol. The van der Waals surface area contributed by atoms with Crippen LogP contribution in [0.3, 0.4) is 0 Å². The summed E-state index contributed by atoms with van der Waals surface area (Å²) in [5.74, 6) is -0.161. The molecule has 88 valence electrons. The molecule has 2 N–H and O–H groups in total. The molecule has 1 aromatic carbocycles. The summed E-state index contributed by atoms with van der Waals surface area (Å²) in [5, 5.41) is 9.58. The number of rotatable bonds is 3. The van der Waals surface area contributed by atoms with Crippen LogP contribution in [0.5, 0.6) is 0 Å². The number of benzene rings is 1. The minimum Gasteiger partial charge on any atom is -0.344 e. The van der Waals surface area contributed by atoms with E-state index >= 15 is 0 Å². The Morgan fingerprint density at radius 2 is 2.06 bits per heavy atom. The van der Waals surface area contributed by atoms with Crippen molar-refractivity contribution in [3.8, 4) is 0 Å². The number of nitrogens with zero attached hydrogens (tertiary/aromatic N) is 1. The van der Waals surface area contributed by atoms with E-state index in [1.807, 2.05) is 44.2 Å². The zero-order chi connectivity index (χ0) is 12.3. The highest BCUT2D eigenvalue weighted by atomic mass is 16.2. The van der Waals surface area contributed by atoms with E-state index in [-0.39, 0.29) is 11.9 Å². The van der Waals surface area contributed by atoms with E-state index in [1.54, 1.807) is 6.07 Å². The third kappa shape index (κ3) is 2.72. The maximum atomic E-state index is 11.8. The molecular formula is C13H15N3O. The summed E-state index contributed by atoms with van der Waals surface area (Å²) in [7, 11) is 0. The van der Waals surface area contributed by atoms with Gasteiger partial charge in [0, 0.05) is 5.69 Å². The van der Waals surface area contributed by atoms with Gasteiger partial charge in [0.25, 0.3) is 5.91 Å². The van der Waals surface area contributed by atoms with Crippen LogP contribution < -0.4 is 5.32 Å². The molecule has 0 aliphatic carbocycles. The Hall–Kier alpha value is -2.10. The van der Waals surface area contributed by atoms with Crippen LogP contribution in [0.1, 0.15) is 34.7 Å². The van der Waals surface area contributed by atoms with Crippen molar-refractivity contribution in [2.45, 2.75) is 19.9 Å². The van der Waals surface area contributed by atoms with Crippen LogP contribution in [-0.2, 0) is 0 Å². The lowest BCUT2D eigenvalue weighted by atomic mass is 10.1. The van der Waals surface area contributed by atoms with Gasteiger partial charge in [0.05, 0.1) is 6.04 Å². The molecule has 17 heavy (non-hydrogen) atoms. The first-order valence-corrected chi connectivity index (χ1v) is 5.54. The SMILES string of the molecule is Cc1cc(C(=O)N[C@@H](C)c2ccccc2)n[nH]1. The van der Waals surface area contributed by atoms with Crippen LogP contribution in [0, 0.1) is 6.92 Å². The van der Waals surface area contributed by atoms with Crippen LogP contribution in [0.15, 0.2) is 36.4 Å². The van der Waals surface area contributed by atoms with Gasteiger partial charge in [-0.15, -0.1) is 0 Å². The first-order valence-electron chi connectivity index (χ1n) is 5.54. The molecule has 2 rings (SSSR count). The summed E-state index contributed by atoms with van der Waals surface area (Å²) in [4.78, 5) is 11.8. The Morgan fingerprint density at radius 3 is 2.65 bits per heavy atom. The second kappa shape index (κ2) is 4.82. The summed E-state index contributed by atoms with van der Waals surface area (Å²) in [6, 6.07) is 11.5. The smallest absolute Gasteiger partial charge is 0.272 e. The zero-order valence-electron chi connectivity index (χ0n) is 9.90. The second-order valence-electron chi connectivity index (χ2n) is 4.04. The number of aromatic amines is 1. The lowest BCUT2D eigenvalue weighted by Gasteiger charge is -2.12. The summed E-state index contributed by atoms with van der Waals surface area (Å²) >= 11 is 0. The molecule has 1 heterocycles. The van der Waals surface area contributed by atoms with Crippen LogP contribution in [0.4, 0.5) is 0 Å². The average Bonchev–Trinajstić information content (AvgIpc) is 2.77. The van der Waals surface area contributed by atoms with Crippen molar-refractivity contribution in [1.82, 2.24) is 15.5 Å². The van der Waals surface area contributed by atoms with Crippen molar-refractivity contribution in [2.75, 3.05) is 0 Å². The summed E-state index contributed by atoms with van der Waals surface area (Å²) in [6.45, 7) is 3.82. The highest BCUT2D eigenvalue weighted by molar-refractivity contribution is 5.92. The number of carbonyl (C=O) groups excluding carboxylic acids is 1. The fourth-order valence-electron chi connectivity index (χ4n) is 1.63. The fraction of sp³-hybridized carbons (Fsp3) is 0.231. The number of H-pyrrole nitrogens is 1. The number of carbonyl (C=O) groups is 1. The van der Waals surface area contributed by atoms with Crippen molar-refractivity contribution in [3.63, 3.8) is 0 Å². The van der Waals surface area contributed by atoms with Crippen LogP contribution in [0.25, 0.3) is 0 Å². The summed E-state index contributed by atoms with van der Waals surface area (Å²) in [6.07, 6.45) is 0. The Kier molecular flexibility index (Phi) is 3.23. The first kappa shape index (κ1) is 11.4. The minimum absolute atomic E-state index is 0.0271. The molecule has 1 amide bonds. The van der Waals surface area contributed by atoms with E-state index in [4.69, 9.17) is 0 Å². The number of nitrogens with one attached hydrogen (secondary N) is 2. The van der Waals surface area contributed by atoms with Gasteiger partial charge in [0.1, 0.15) is 5.69 Å². The number of hydrogen-bond donors (Lipinski definition) is 2. The number of amides is 1. The minimum atomic E-state index is -0.161. The summed E-state index contributed by atoms with van der Waals surface area (Å²) in [5.41, 5.74) is 2.38. The molecule has 0 aliphatic heterocycles. The largest absolute Gasteiger partial charge is 0.344 e. The lowest BCUT2D eigenvalue weighted by Crippen LogP contribution is -2.26. The van der Waals surface area contributed by atoms with Gasteiger partial charge >= 0.3 is 0 Å². The average molecular weight is 229 g/mol. The molecule has 0 saturated carbocycles. The number of aryl methyl sites for hydroxylation is 1. The molecule has 0 aliphatic rings. The van der Waals surface area contributed by atoms with Gasteiger partial charge in [-0.2, -0.15) is 5.10 Å². The Bertz CT molecular complexity index is 504. The van der Waals surface area contributed by atoms with Crippen LogP contribution in [0.2, 0.25) is 0 Å². The maximum absolute atomic E-state index is 11.8. The third-order valence-electron chi connectivity index (χ3n) is 2.59. The predicted octanol–water partition coefficient (Wildman–Crippen LogP) is 2.21. The Labute approximate surface area is 100 Å². The van der Waals surface area contributed by atoms with E-state index in [0.29, 0.717) is 5.69 Å². The highest BCUT2D eigenvalue weighted by Crippen LogP contribution is 2.11. The van der Waals surface area contributed by atoms with Crippen LogP contribution >= 0.6 is 0 Å². The lowest BCUT2D eigenvalue weighted by molar-refractivity contribution is 0.0935. The Morgan fingerprint density at radius 1 is 1.35 bits per heavy atom. The first-order chi connectivity index (χ1) is 8.16. The molecule has 0 spiro atoms. The van der Waals surface area contributed by atoms with E-state index in [9.17, 15) is 4.79 Å². The molecule has 4 nitrogen and oxygen atoms in total. The molecular weight excluding hydrogens is 214 g/mol. The highest BCUT2D eigenvalue weighted by Gasteiger charge is 2.13. The predicted molar refractivity (Wildman–Crippen MR) is 65.6 cm³/mol. The molecule has 0 saturated heterocycles. The van der Waals surface area contributed by atoms with Gasteiger partial charge in [0.15, 0.2) is 0 Å². The molecule has 0 bridgehead atoms. The quantitative estimate of drug-likeness (QED) is 0.847. The Balaban J connectivity index is 2.04. The zero-order valence-corrected chi connectivity index (χ0v) is 9.90. The van der Waals surface area contributed by atoms with Gasteiger partial charge < -0.3 is 5.32 Å². The van der Waals surface area contributed by atoms with Crippen molar-refractivity contribution >= 4 is 5.91 Å². The normalized spacial score (nSPS) is 12.1. The third-order valence-corrected chi connectivity index (χ3v) is 2.59. The van der Waals surface area contributed by atoms with Gasteiger partial charge in [-0.3, -0.25) is 9.89 Å². The molecule has 1 atom stereocenters. The number of hydrogen-bond acceptors (Lipinski definition) is 2. The van der Waals surface area contributed by atoms with Crippen molar-refractivity contribution in [1.29, 1.82) is 0 Å². The maximum Gasteiger partial charge on any atom is 0.272 e. The second-order valence-corrected chi connectivity index (χ2v) is 4.04. The van der Waals surface area contributed by atoms with Gasteiger partial charge in [0.2, 0.25) is 0 Å². The van der Waals surface area contributed by atoms with Crippen molar-refractivity contribution < 1.29 is 4.79 Å². The summed E-state index contributed by atoms with van der Waals surface area (Å²) < 4.78 is 0. The molecule has 1 aromatic heterocycles. The van der Waals surface area contributed by atoms with E-state index in [2.05, 4.69) is 15.5 Å². The standard InChI is InChI=1S/C13H15N3O/c1-9-8-12(16-15-9)13(17)14-10(2)11-6-4-3-5-7-11/h3-8,10H,1-2H3,(H,14,17)(H,15,16)/t10-/m0/s1. The van der Waals surface area contributed by atoms with E-state index in [1.165, 1.54) is 0 Å². The fourth-order valence-corrected chi connectivity index (χ4v) is 1.63. The van der Waals surface area contributed by atoms with Crippen molar-refractivity contribution in [3.05, 3.63) is 53.3 Å².